The number of fused-ring (bicyclic) bond motifs is 1. The summed E-state index contributed by atoms with van der Waals surface area (Å²) in [5.74, 6) is 2.15. The highest BCUT2D eigenvalue weighted by atomic mass is 16.5. The van der Waals surface area contributed by atoms with Crippen molar-refractivity contribution in [2.75, 3.05) is 30.4 Å². The molecular formula is C20H21N5O2. The summed E-state index contributed by atoms with van der Waals surface area (Å²) in [6.07, 6.45) is 0. The summed E-state index contributed by atoms with van der Waals surface area (Å²) >= 11 is 0. The summed E-state index contributed by atoms with van der Waals surface area (Å²) in [5.41, 5.74) is 1.30. The Morgan fingerprint density at radius 3 is 2.67 bits per heavy atom. The van der Waals surface area contributed by atoms with Gasteiger partial charge in [-0.3, -0.25) is 14.4 Å². The quantitative estimate of drug-likeness (QED) is 0.697. The number of nitrogens with zero attached hydrogens (tertiary/aromatic N) is 5. The molecule has 27 heavy (non-hydrogen) atoms. The van der Waals surface area contributed by atoms with Gasteiger partial charge in [-0.25, -0.2) is 4.98 Å². The Bertz CT molecular complexity index is 952. The van der Waals surface area contributed by atoms with Crippen LogP contribution >= 0.6 is 0 Å². The molecule has 0 bridgehead atoms. The molecule has 3 aromatic rings. The van der Waals surface area contributed by atoms with Crippen LogP contribution in [0.2, 0.25) is 0 Å². The second-order valence-corrected chi connectivity index (χ2v) is 6.55. The Kier molecular flexibility index (Phi) is 4.50. The van der Waals surface area contributed by atoms with Crippen molar-refractivity contribution in [3.8, 4) is 5.75 Å². The van der Waals surface area contributed by atoms with Gasteiger partial charge in [-0.15, -0.1) is 0 Å². The van der Waals surface area contributed by atoms with Crippen molar-refractivity contribution >= 4 is 17.5 Å². The molecule has 0 saturated carbocycles. The summed E-state index contributed by atoms with van der Waals surface area (Å²) in [7, 11) is 3.86. The molecule has 0 N–H and O–H groups in total. The van der Waals surface area contributed by atoms with E-state index in [9.17, 15) is 4.79 Å². The number of ether oxygens (including phenoxy) is 1. The molecule has 0 atom stereocenters. The van der Waals surface area contributed by atoms with Crippen LogP contribution in [0.25, 0.3) is 0 Å². The van der Waals surface area contributed by atoms with Crippen molar-refractivity contribution in [2.45, 2.75) is 13.2 Å². The Labute approximate surface area is 157 Å². The van der Waals surface area contributed by atoms with E-state index in [2.05, 4.69) is 10.1 Å². The zero-order chi connectivity index (χ0) is 18.8. The molecule has 1 aliphatic heterocycles. The molecule has 0 aliphatic carbocycles. The molecule has 1 aliphatic rings. The van der Waals surface area contributed by atoms with E-state index < -0.39 is 0 Å². The smallest absolute Gasteiger partial charge is 0.277 e. The van der Waals surface area contributed by atoms with Crippen molar-refractivity contribution in [3.05, 3.63) is 66.0 Å². The minimum atomic E-state index is -0.0943. The zero-order valence-electron chi connectivity index (χ0n) is 15.4. The number of pyridine rings is 1. The van der Waals surface area contributed by atoms with Gasteiger partial charge in [0.25, 0.3) is 5.91 Å². The Morgan fingerprint density at radius 1 is 1.07 bits per heavy atom. The number of carbonyl (C=O) groups is 1. The number of aromatic nitrogens is 3. The largest absolute Gasteiger partial charge is 0.487 e. The van der Waals surface area contributed by atoms with Crippen LogP contribution in [-0.4, -0.2) is 41.3 Å². The highest BCUT2D eigenvalue weighted by molar-refractivity contribution is 6.05. The van der Waals surface area contributed by atoms with Crippen molar-refractivity contribution in [3.63, 3.8) is 0 Å². The maximum atomic E-state index is 13.0. The van der Waals surface area contributed by atoms with Crippen molar-refractivity contribution in [1.29, 1.82) is 0 Å². The number of amides is 1. The van der Waals surface area contributed by atoms with Gasteiger partial charge in [-0.05, 0) is 30.3 Å². The third-order valence-corrected chi connectivity index (χ3v) is 4.41. The van der Waals surface area contributed by atoms with Gasteiger partial charge in [0, 0.05) is 20.6 Å². The lowest BCUT2D eigenvalue weighted by atomic mass is 10.2. The lowest BCUT2D eigenvalue weighted by Crippen LogP contribution is -2.41. The van der Waals surface area contributed by atoms with Crippen LogP contribution in [0, 0.1) is 0 Å². The number of carbonyl (C=O) groups excluding carboxylic acids is 1. The van der Waals surface area contributed by atoms with Crippen LogP contribution in [0.5, 0.6) is 5.75 Å². The first-order valence-electron chi connectivity index (χ1n) is 8.82. The van der Waals surface area contributed by atoms with E-state index in [-0.39, 0.29) is 5.91 Å². The Hall–Kier alpha value is -3.35. The fourth-order valence-electron chi connectivity index (χ4n) is 3.02. The predicted octanol–water partition coefficient (Wildman–Crippen LogP) is 2.58. The van der Waals surface area contributed by atoms with Crippen LogP contribution in [0.4, 0.5) is 11.6 Å². The lowest BCUT2D eigenvalue weighted by molar-refractivity contribution is 0.0961. The molecule has 0 saturated heterocycles. The van der Waals surface area contributed by atoms with E-state index in [1.807, 2.05) is 67.5 Å². The number of rotatable bonds is 5. The Balaban J connectivity index is 1.52. The molecule has 0 fully saturated rings. The maximum Gasteiger partial charge on any atom is 0.277 e. The molecule has 3 heterocycles. The predicted molar refractivity (Wildman–Crippen MR) is 103 cm³/mol. The van der Waals surface area contributed by atoms with Gasteiger partial charge < -0.3 is 9.64 Å². The van der Waals surface area contributed by atoms with Gasteiger partial charge in [0.05, 0.1) is 6.54 Å². The summed E-state index contributed by atoms with van der Waals surface area (Å²) in [4.78, 5) is 21.2. The second kappa shape index (κ2) is 7.11. The van der Waals surface area contributed by atoms with E-state index in [0.717, 1.165) is 17.3 Å². The van der Waals surface area contributed by atoms with Crippen molar-refractivity contribution < 1.29 is 9.53 Å². The molecule has 0 spiro atoms. The van der Waals surface area contributed by atoms with Crippen molar-refractivity contribution in [2.24, 2.45) is 0 Å². The number of para-hydroxylation sites is 1. The first-order valence-corrected chi connectivity index (χ1v) is 8.82. The molecule has 0 unspecified atom stereocenters. The van der Waals surface area contributed by atoms with Gasteiger partial charge in [-0.2, -0.15) is 5.10 Å². The highest BCUT2D eigenvalue weighted by Crippen LogP contribution is 2.22. The minimum Gasteiger partial charge on any atom is -0.487 e. The van der Waals surface area contributed by atoms with E-state index in [0.29, 0.717) is 31.2 Å². The van der Waals surface area contributed by atoms with Gasteiger partial charge in [0.1, 0.15) is 35.4 Å². The zero-order valence-corrected chi connectivity index (χ0v) is 15.4. The average molecular weight is 363 g/mol. The first-order chi connectivity index (χ1) is 13.1. The summed E-state index contributed by atoms with van der Waals surface area (Å²) in [5, 5.41) is 4.51. The first kappa shape index (κ1) is 17.1. The molecule has 1 amide bonds. The van der Waals surface area contributed by atoms with Crippen LogP contribution in [0.15, 0.2) is 54.6 Å². The molecule has 0 radical (unpaired) electrons. The third-order valence-electron chi connectivity index (χ3n) is 4.41. The van der Waals surface area contributed by atoms with Crippen LogP contribution in [0.3, 0.4) is 0 Å². The van der Waals surface area contributed by atoms with E-state index in [1.54, 1.807) is 15.6 Å². The van der Waals surface area contributed by atoms with Gasteiger partial charge in [-0.1, -0.05) is 24.3 Å². The molecule has 4 rings (SSSR count). The molecule has 7 nitrogen and oxygen atoms in total. The maximum absolute atomic E-state index is 13.0. The molecule has 7 heteroatoms. The SMILES string of the molecule is CN(C)c1cccc(N2CCn3nc(COc4ccccc4)cc3C2=O)n1. The molecular weight excluding hydrogens is 342 g/mol. The van der Waals surface area contributed by atoms with Crippen LogP contribution in [-0.2, 0) is 13.2 Å². The minimum absolute atomic E-state index is 0.0943. The van der Waals surface area contributed by atoms with Crippen molar-refractivity contribution in [1.82, 2.24) is 14.8 Å². The normalized spacial score (nSPS) is 13.4. The monoisotopic (exact) mass is 363 g/mol. The third kappa shape index (κ3) is 3.48. The topological polar surface area (TPSA) is 63.5 Å². The summed E-state index contributed by atoms with van der Waals surface area (Å²) in [6.45, 7) is 1.49. The van der Waals surface area contributed by atoms with Crippen LogP contribution in [0.1, 0.15) is 16.2 Å². The lowest BCUT2D eigenvalue weighted by Gasteiger charge is -2.27. The van der Waals surface area contributed by atoms with Crippen LogP contribution < -0.4 is 14.5 Å². The molecule has 2 aromatic heterocycles. The summed E-state index contributed by atoms with van der Waals surface area (Å²) in [6, 6.07) is 17.1. The Morgan fingerprint density at radius 2 is 1.89 bits per heavy atom. The van der Waals surface area contributed by atoms with E-state index in [1.165, 1.54) is 0 Å². The molecule has 1 aromatic carbocycles. The number of hydrogen-bond acceptors (Lipinski definition) is 5. The average Bonchev–Trinajstić information content (AvgIpc) is 3.12. The summed E-state index contributed by atoms with van der Waals surface area (Å²) < 4.78 is 7.49. The molecule has 138 valence electrons. The van der Waals surface area contributed by atoms with E-state index in [4.69, 9.17) is 4.74 Å². The number of hydrogen-bond donors (Lipinski definition) is 0. The standard InChI is InChI=1S/C20H21N5O2/c1-23(2)18-9-6-10-19(21-18)24-11-12-25-17(20(24)26)13-15(22-25)14-27-16-7-4-3-5-8-16/h3-10,13H,11-12,14H2,1-2H3. The fraction of sp³-hybridized carbons (Fsp3) is 0.250. The second-order valence-electron chi connectivity index (χ2n) is 6.55. The fourth-order valence-corrected chi connectivity index (χ4v) is 3.02. The highest BCUT2D eigenvalue weighted by Gasteiger charge is 2.28. The number of anilines is 2. The number of benzene rings is 1. The van der Waals surface area contributed by atoms with Gasteiger partial charge >= 0.3 is 0 Å². The van der Waals surface area contributed by atoms with E-state index >= 15 is 0 Å². The van der Waals surface area contributed by atoms with Gasteiger partial charge in [0.15, 0.2) is 0 Å². The van der Waals surface area contributed by atoms with Gasteiger partial charge in [0.2, 0.25) is 0 Å².